The molecule has 1 heteroatoms. The molecule has 0 fully saturated rings. The molecule has 1 nitrogen and oxygen atoms in total. The van der Waals surface area contributed by atoms with E-state index in [2.05, 4.69) is 49.4 Å². The van der Waals surface area contributed by atoms with Gasteiger partial charge in [-0.05, 0) is 70.3 Å². The van der Waals surface area contributed by atoms with E-state index in [4.69, 9.17) is 5.26 Å². The predicted molar refractivity (Wildman–Crippen MR) is 103 cm³/mol. The number of nitriles is 1. The summed E-state index contributed by atoms with van der Waals surface area (Å²) in [7, 11) is 0. The summed E-state index contributed by atoms with van der Waals surface area (Å²) >= 11 is 0. The number of hydrogen-bond acceptors (Lipinski definition) is 1. The van der Waals surface area contributed by atoms with E-state index in [1.165, 1.54) is 45.4 Å². The van der Waals surface area contributed by atoms with Crippen molar-refractivity contribution in [2.75, 3.05) is 0 Å². The first-order valence-electron chi connectivity index (χ1n) is 9.04. The van der Waals surface area contributed by atoms with Gasteiger partial charge in [-0.3, -0.25) is 0 Å². The van der Waals surface area contributed by atoms with E-state index in [1.807, 2.05) is 24.3 Å². The number of nitrogens with zero attached hydrogens (tertiary/aromatic N) is 1. The monoisotopic (exact) mass is 323 g/mol. The van der Waals surface area contributed by atoms with Crippen molar-refractivity contribution < 1.29 is 0 Å². The Bertz CT molecular complexity index is 958. The Hall–Kier alpha value is -2.85. The summed E-state index contributed by atoms with van der Waals surface area (Å²) in [5.74, 6) is 0. The molecule has 0 radical (unpaired) electrons. The van der Waals surface area contributed by atoms with Gasteiger partial charge in [0, 0.05) is 0 Å². The maximum absolute atomic E-state index is 8.95. The SMILES string of the molecule is CCCc1ccc2c(c1)CCc1cc(-c3ccc(C#N)cc3)ccc1-2. The second-order valence-electron chi connectivity index (χ2n) is 6.80. The van der Waals surface area contributed by atoms with E-state index in [0.29, 0.717) is 5.56 Å². The molecule has 0 aromatic heterocycles. The van der Waals surface area contributed by atoms with E-state index >= 15 is 0 Å². The lowest BCUT2D eigenvalue weighted by Crippen LogP contribution is -2.05. The molecule has 0 N–H and O–H groups in total. The van der Waals surface area contributed by atoms with Gasteiger partial charge in [0.15, 0.2) is 0 Å². The van der Waals surface area contributed by atoms with Crippen LogP contribution in [0.2, 0.25) is 0 Å². The first-order valence-corrected chi connectivity index (χ1v) is 9.04. The van der Waals surface area contributed by atoms with Gasteiger partial charge in [0.05, 0.1) is 11.6 Å². The molecule has 0 atom stereocenters. The fourth-order valence-corrected chi connectivity index (χ4v) is 3.81. The summed E-state index contributed by atoms with van der Waals surface area (Å²) in [6.45, 7) is 2.24. The molecule has 3 aromatic carbocycles. The molecule has 0 amide bonds. The quantitative estimate of drug-likeness (QED) is 0.585. The van der Waals surface area contributed by atoms with Crippen molar-refractivity contribution in [3.63, 3.8) is 0 Å². The lowest BCUT2D eigenvalue weighted by Gasteiger charge is -2.21. The Labute approximate surface area is 149 Å². The number of rotatable bonds is 3. The van der Waals surface area contributed by atoms with Gasteiger partial charge in [-0.15, -0.1) is 0 Å². The molecule has 1 aliphatic rings. The van der Waals surface area contributed by atoms with E-state index in [1.54, 1.807) is 0 Å². The average Bonchev–Trinajstić information content (AvgIpc) is 2.67. The van der Waals surface area contributed by atoms with Crippen LogP contribution in [0.15, 0.2) is 60.7 Å². The molecule has 25 heavy (non-hydrogen) atoms. The Balaban J connectivity index is 1.71. The summed E-state index contributed by atoms with van der Waals surface area (Å²) in [4.78, 5) is 0. The van der Waals surface area contributed by atoms with Crippen LogP contribution in [0.25, 0.3) is 22.3 Å². The fraction of sp³-hybridized carbons (Fsp3) is 0.208. The molecule has 122 valence electrons. The van der Waals surface area contributed by atoms with Crippen molar-refractivity contribution in [1.82, 2.24) is 0 Å². The van der Waals surface area contributed by atoms with Crippen LogP contribution in [0.4, 0.5) is 0 Å². The molecular weight excluding hydrogens is 302 g/mol. The predicted octanol–water partition coefficient (Wildman–Crippen LogP) is 5.94. The van der Waals surface area contributed by atoms with Crippen molar-refractivity contribution in [3.05, 3.63) is 82.9 Å². The number of fused-ring (bicyclic) bond motifs is 3. The maximum atomic E-state index is 8.95. The molecule has 0 saturated carbocycles. The smallest absolute Gasteiger partial charge is 0.0991 e. The van der Waals surface area contributed by atoms with Crippen LogP contribution in [0.1, 0.15) is 35.6 Å². The van der Waals surface area contributed by atoms with Crippen molar-refractivity contribution >= 4 is 0 Å². The largest absolute Gasteiger partial charge is 0.192 e. The average molecular weight is 323 g/mol. The van der Waals surface area contributed by atoms with Gasteiger partial charge in [-0.1, -0.05) is 61.9 Å². The second-order valence-corrected chi connectivity index (χ2v) is 6.80. The zero-order valence-electron chi connectivity index (χ0n) is 14.5. The molecule has 0 heterocycles. The first-order chi connectivity index (χ1) is 12.3. The van der Waals surface area contributed by atoms with Crippen LogP contribution < -0.4 is 0 Å². The van der Waals surface area contributed by atoms with Gasteiger partial charge in [0.1, 0.15) is 0 Å². The highest BCUT2D eigenvalue weighted by Gasteiger charge is 2.17. The van der Waals surface area contributed by atoms with Crippen molar-refractivity contribution in [3.8, 4) is 28.3 Å². The van der Waals surface area contributed by atoms with Crippen molar-refractivity contribution in [1.29, 1.82) is 5.26 Å². The van der Waals surface area contributed by atoms with Gasteiger partial charge >= 0.3 is 0 Å². The summed E-state index contributed by atoms with van der Waals surface area (Å²) in [5.41, 5.74) is 10.3. The van der Waals surface area contributed by atoms with E-state index in [-0.39, 0.29) is 0 Å². The van der Waals surface area contributed by atoms with Gasteiger partial charge in [-0.2, -0.15) is 5.26 Å². The van der Waals surface area contributed by atoms with Crippen LogP contribution in [-0.2, 0) is 19.3 Å². The standard InChI is InChI=1S/C24H21N/c1-2-3-17-6-12-23-21(14-17)9-10-22-15-20(11-13-24(22)23)19-7-4-18(16-25)5-8-19/h4-8,11-15H,2-3,9-10H2,1H3. The van der Waals surface area contributed by atoms with Gasteiger partial charge in [-0.25, -0.2) is 0 Å². The highest BCUT2D eigenvalue weighted by atomic mass is 14.2. The zero-order valence-corrected chi connectivity index (χ0v) is 14.5. The Kier molecular flexibility index (Phi) is 4.12. The van der Waals surface area contributed by atoms with E-state index in [0.717, 1.165) is 19.3 Å². The number of benzene rings is 3. The summed E-state index contributed by atoms with van der Waals surface area (Å²) in [5, 5.41) is 8.95. The Morgan fingerprint density at radius 3 is 2.12 bits per heavy atom. The minimum atomic E-state index is 0.707. The van der Waals surface area contributed by atoms with Gasteiger partial charge < -0.3 is 0 Å². The Morgan fingerprint density at radius 2 is 1.44 bits per heavy atom. The third-order valence-corrected chi connectivity index (χ3v) is 5.11. The van der Waals surface area contributed by atoms with Crippen LogP contribution >= 0.6 is 0 Å². The first kappa shape index (κ1) is 15.7. The van der Waals surface area contributed by atoms with Crippen LogP contribution in [0.3, 0.4) is 0 Å². The van der Waals surface area contributed by atoms with Crippen molar-refractivity contribution in [2.45, 2.75) is 32.6 Å². The van der Waals surface area contributed by atoms with Crippen LogP contribution in [-0.4, -0.2) is 0 Å². The van der Waals surface area contributed by atoms with E-state index in [9.17, 15) is 0 Å². The molecule has 0 bridgehead atoms. The molecule has 0 aliphatic heterocycles. The van der Waals surface area contributed by atoms with E-state index < -0.39 is 0 Å². The van der Waals surface area contributed by atoms with Crippen LogP contribution in [0, 0.1) is 11.3 Å². The molecule has 0 spiro atoms. The summed E-state index contributed by atoms with van der Waals surface area (Å²) in [6.07, 6.45) is 4.58. The third kappa shape index (κ3) is 2.96. The molecular formula is C24H21N. The highest BCUT2D eigenvalue weighted by molar-refractivity contribution is 5.77. The molecule has 1 aliphatic carbocycles. The minimum Gasteiger partial charge on any atom is -0.192 e. The van der Waals surface area contributed by atoms with Crippen molar-refractivity contribution in [2.24, 2.45) is 0 Å². The summed E-state index contributed by atoms with van der Waals surface area (Å²) in [6, 6.07) is 23.8. The maximum Gasteiger partial charge on any atom is 0.0991 e. The number of aryl methyl sites for hydroxylation is 3. The molecule has 4 rings (SSSR count). The lowest BCUT2D eigenvalue weighted by atomic mass is 9.83. The molecule has 0 unspecified atom stereocenters. The Morgan fingerprint density at radius 1 is 0.800 bits per heavy atom. The molecule has 3 aromatic rings. The molecule has 0 saturated heterocycles. The van der Waals surface area contributed by atoms with Gasteiger partial charge in [0.25, 0.3) is 0 Å². The summed E-state index contributed by atoms with van der Waals surface area (Å²) < 4.78 is 0. The number of hydrogen-bond donors (Lipinski definition) is 0. The second kappa shape index (κ2) is 6.57. The topological polar surface area (TPSA) is 23.8 Å². The third-order valence-electron chi connectivity index (χ3n) is 5.11. The zero-order chi connectivity index (χ0) is 17.2. The van der Waals surface area contributed by atoms with Crippen LogP contribution in [0.5, 0.6) is 0 Å². The highest BCUT2D eigenvalue weighted by Crippen LogP contribution is 2.36. The fourth-order valence-electron chi connectivity index (χ4n) is 3.81. The normalized spacial score (nSPS) is 12.2. The minimum absolute atomic E-state index is 0.707. The van der Waals surface area contributed by atoms with Gasteiger partial charge in [0.2, 0.25) is 0 Å². The lowest BCUT2D eigenvalue weighted by molar-refractivity contribution is 0.901.